The van der Waals surface area contributed by atoms with Crippen LogP contribution in [-0.2, 0) is 12.8 Å². The van der Waals surface area contributed by atoms with Gasteiger partial charge >= 0.3 is 6.18 Å². The summed E-state index contributed by atoms with van der Waals surface area (Å²) in [6.45, 7) is -0.0652. The van der Waals surface area contributed by atoms with Gasteiger partial charge in [-0.3, -0.25) is 0 Å². The SMILES string of the molecule is N#Cc1cc(COc2ccccc2C(F)(F)F)ccn1. The molecule has 0 amide bonds. The molecule has 0 fully saturated rings. The van der Waals surface area contributed by atoms with Crippen LogP contribution in [0.25, 0.3) is 0 Å². The molecule has 0 aliphatic heterocycles. The first-order valence-electron chi connectivity index (χ1n) is 5.65. The summed E-state index contributed by atoms with van der Waals surface area (Å²) < 4.78 is 43.5. The van der Waals surface area contributed by atoms with Gasteiger partial charge in [0.05, 0.1) is 5.56 Å². The van der Waals surface area contributed by atoms with Crippen LogP contribution in [0.4, 0.5) is 13.2 Å². The van der Waals surface area contributed by atoms with Crippen molar-refractivity contribution in [2.75, 3.05) is 0 Å². The highest BCUT2D eigenvalue weighted by molar-refractivity contribution is 5.36. The zero-order valence-corrected chi connectivity index (χ0v) is 10.2. The van der Waals surface area contributed by atoms with Crippen molar-refractivity contribution < 1.29 is 17.9 Å². The molecule has 102 valence electrons. The minimum absolute atomic E-state index is 0.0652. The van der Waals surface area contributed by atoms with Crippen molar-refractivity contribution in [2.24, 2.45) is 0 Å². The van der Waals surface area contributed by atoms with Crippen LogP contribution in [0.1, 0.15) is 16.8 Å². The third-order valence-corrected chi connectivity index (χ3v) is 2.53. The Morgan fingerprint density at radius 2 is 1.95 bits per heavy atom. The number of nitrogens with zero attached hydrogens (tertiary/aromatic N) is 2. The van der Waals surface area contributed by atoms with E-state index in [4.69, 9.17) is 10.00 Å². The van der Waals surface area contributed by atoms with Crippen LogP contribution in [0, 0.1) is 11.3 Å². The third kappa shape index (κ3) is 3.26. The first kappa shape index (κ1) is 13.9. The lowest BCUT2D eigenvalue weighted by atomic mass is 10.2. The number of para-hydroxylation sites is 1. The monoisotopic (exact) mass is 278 g/mol. The molecule has 0 spiro atoms. The fourth-order valence-corrected chi connectivity index (χ4v) is 1.61. The molecule has 0 N–H and O–H groups in total. The van der Waals surface area contributed by atoms with Crippen LogP contribution in [0.15, 0.2) is 42.6 Å². The molecule has 1 aromatic carbocycles. The van der Waals surface area contributed by atoms with Gasteiger partial charge in [0.15, 0.2) is 0 Å². The summed E-state index contributed by atoms with van der Waals surface area (Å²) in [7, 11) is 0. The maximum atomic E-state index is 12.8. The van der Waals surface area contributed by atoms with Gasteiger partial charge in [0.25, 0.3) is 0 Å². The van der Waals surface area contributed by atoms with Gasteiger partial charge in [-0.2, -0.15) is 18.4 Å². The number of pyridine rings is 1. The average Bonchev–Trinajstić information content (AvgIpc) is 2.44. The minimum Gasteiger partial charge on any atom is -0.488 e. The maximum Gasteiger partial charge on any atom is 0.419 e. The van der Waals surface area contributed by atoms with Gasteiger partial charge in [-0.25, -0.2) is 4.98 Å². The second-order valence-electron chi connectivity index (χ2n) is 3.94. The Balaban J connectivity index is 2.17. The molecule has 3 nitrogen and oxygen atoms in total. The predicted octanol–water partition coefficient (Wildman–Crippen LogP) is 3.55. The number of alkyl halides is 3. The number of hydrogen-bond donors (Lipinski definition) is 0. The second kappa shape index (κ2) is 5.61. The highest BCUT2D eigenvalue weighted by atomic mass is 19.4. The summed E-state index contributed by atoms with van der Waals surface area (Å²) in [5.74, 6) is -0.240. The summed E-state index contributed by atoms with van der Waals surface area (Å²) in [4.78, 5) is 3.77. The highest BCUT2D eigenvalue weighted by Gasteiger charge is 2.33. The number of halogens is 3. The van der Waals surface area contributed by atoms with E-state index in [1.807, 2.05) is 6.07 Å². The smallest absolute Gasteiger partial charge is 0.419 e. The molecule has 2 rings (SSSR count). The predicted molar refractivity (Wildman–Crippen MR) is 64.7 cm³/mol. The number of benzene rings is 1. The molecular formula is C14H9F3N2O. The van der Waals surface area contributed by atoms with E-state index < -0.39 is 11.7 Å². The van der Waals surface area contributed by atoms with E-state index in [-0.39, 0.29) is 18.1 Å². The Labute approximate surface area is 113 Å². The van der Waals surface area contributed by atoms with Crippen LogP contribution in [-0.4, -0.2) is 4.98 Å². The van der Waals surface area contributed by atoms with E-state index in [1.54, 1.807) is 6.07 Å². The molecule has 0 radical (unpaired) electrons. The molecular weight excluding hydrogens is 269 g/mol. The van der Waals surface area contributed by atoms with Gasteiger partial charge in [-0.15, -0.1) is 0 Å². The standard InChI is InChI=1S/C14H9F3N2O/c15-14(16,17)12-3-1-2-4-13(12)20-9-10-5-6-19-11(7-10)8-18/h1-7H,9H2. The maximum absolute atomic E-state index is 12.8. The molecule has 1 aromatic heterocycles. The summed E-state index contributed by atoms with van der Waals surface area (Å²) in [6.07, 6.45) is -3.06. The van der Waals surface area contributed by atoms with Crippen LogP contribution >= 0.6 is 0 Å². The Bertz CT molecular complexity index is 647. The number of rotatable bonds is 3. The second-order valence-corrected chi connectivity index (χ2v) is 3.94. The number of hydrogen-bond acceptors (Lipinski definition) is 3. The summed E-state index contributed by atoms with van der Waals surface area (Å²) >= 11 is 0. The van der Waals surface area contributed by atoms with Crippen LogP contribution in [0.5, 0.6) is 5.75 Å². The summed E-state index contributed by atoms with van der Waals surface area (Å²) in [6, 6.07) is 9.89. The number of nitriles is 1. The van der Waals surface area contributed by atoms with Crippen molar-refractivity contribution in [1.82, 2.24) is 4.98 Å². The molecule has 0 saturated carbocycles. The molecule has 6 heteroatoms. The lowest BCUT2D eigenvalue weighted by Crippen LogP contribution is -2.08. The zero-order valence-electron chi connectivity index (χ0n) is 10.2. The van der Waals surface area contributed by atoms with E-state index in [1.165, 1.54) is 30.5 Å². The van der Waals surface area contributed by atoms with E-state index in [2.05, 4.69) is 4.98 Å². The normalized spacial score (nSPS) is 10.9. The van der Waals surface area contributed by atoms with Crippen molar-refractivity contribution in [2.45, 2.75) is 12.8 Å². The Hall–Kier alpha value is -2.55. The molecule has 20 heavy (non-hydrogen) atoms. The van der Waals surface area contributed by atoms with E-state index in [0.717, 1.165) is 6.07 Å². The highest BCUT2D eigenvalue weighted by Crippen LogP contribution is 2.36. The van der Waals surface area contributed by atoms with Crippen LogP contribution < -0.4 is 4.74 Å². The molecule has 2 aromatic rings. The van der Waals surface area contributed by atoms with E-state index in [0.29, 0.717) is 5.56 Å². The molecule has 0 atom stereocenters. The van der Waals surface area contributed by atoms with Crippen LogP contribution in [0.2, 0.25) is 0 Å². The quantitative estimate of drug-likeness (QED) is 0.862. The van der Waals surface area contributed by atoms with Crippen molar-refractivity contribution in [3.8, 4) is 11.8 Å². The van der Waals surface area contributed by atoms with Gasteiger partial charge in [0, 0.05) is 6.20 Å². The summed E-state index contributed by atoms with van der Waals surface area (Å²) in [5.41, 5.74) is -0.0571. The molecule has 0 unspecified atom stereocenters. The first-order valence-corrected chi connectivity index (χ1v) is 5.65. The topological polar surface area (TPSA) is 45.9 Å². The average molecular weight is 278 g/mol. The van der Waals surface area contributed by atoms with Crippen molar-refractivity contribution >= 4 is 0 Å². The van der Waals surface area contributed by atoms with Crippen molar-refractivity contribution in [1.29, 1.82) is 5.26 Å². The lowest BCUT2D eigenvalue weighted by molar-refractivity contribution is -0.139. The van der Waals surface area contributed by atoms with Crippen molar-refractivity contribution in [3.63, 3.8) is 0 Å². The van der Waals surface area contributed by atoms with Gasteiger partial charge in [-0.05, 0) is 29.8 Å². The fraction of sp³-hybridized carbons (Fsp3) is 0.143. The van der Waals surface area contributed by atoms with Gasteiger partial charge in [-0.1, -0.05) is 12.1 Å². The zero-order chi connectivity index (χ0) is 14.6. The van der Waals surface area contributed by atoms with Crippen molar-refractivity contribution in [3.05, 3.63) is 59.4 Å². The molecule has 0 bridgehead atoms. The minimum atomic E-state index is -4.47. The van der Waals surface area contributed by atoms with Crippen LogP contribution in [0.3, 0.4) is 0 Å². The van der Waals surface area contributed by atoms with E-state index in [9.17, 15) is 13.2 Å². The number of ether oxygens (including phenoxy) is 1. The van der Waals surface area contributed by atoms with Gasteiger partial charge in [0.2, 0.25) is 0 Å². The first-order chi connectivity index (χ1) is 9.50. The van der Waals surface area contributed by atoms with E-state index >= 15 is 0 Å². The molecule has 0 saturated heterocycles. The van der Waals surface area contributed by atoms with Gasteiger partial charge < -0.3 is 4.74 Å². The summed E-state index contributed by atoms with van der Waals surface area (Å²) in [5, 5.41) is 8.70. The fourth-order valence-electron chi connectivity index (χ4n) is 1.61. The third-order valence-electron chi connectivity index (χ3n) is 2.53. The Kier molecular flexibility index (Phi) is 3.89. The molecule has 0 aliphatic carbocycles. The Morgan fingerprint density at radius 3 is 2.65 bits per heavy atom. The lowest BCUT2D eigenvalue weighted by Gasteiger charge is -2.13. The largest absolute Gasteiger partial charge is 0.488 e. The molecule has 1 heterocycles. The van der Waals surface area contributed by atoms with Gasteiger partial charge in [0.1, 0.15) is 24.1 Å². The Morgan fingerprint density at radius 1 is 1.20 bits per heavy atom. The molecule has 0 aliphatic rings. The number of aromatic nitrogens is 1.